The summed E-state index contributed by atoms with van der Waals surface area (Å²) < 4.78 is 6.64. The van der Waals surface area contributed by atoms with Crippen molar-refractivity contribution in [3.63, 3.8) is 0 Å². The Morgan fingerprint density at radius 3 is 1.62 bits per heavy atom. The lowest BCUT2D eigenvalue weighted by atomic mass is 9.84. The number of ether oxygens (including phenoxy) is 1. The molecule has 0 bridgehead atoms. The molecule has 0 aliphatic carbocycles. The van der Waals surface area contributed by atoms with Crippen molar-refractivity contribution in [2.75, 3.05) is 0 Å². The minimum absolute atomic E-state index is 0.0441. The van der Waals surface area contributed by atoms with Crippen LogP contribution < -0.4 is 0 Å². The summed E-state index contributed by atoms with van der Waals surface area (Å²) >= 11 is 0. The summed E-state index contributed by atoms with van der Waals surface area (Å²) in [6.45, 7) is 4.46. The normalized spacial score (nSPS) is 23.4. The number of rotatable bonds is 3. The predicted octanol–water partition coefficient (Wildman–Crippen LogP) is 6.62. The van der Waals surface area contributed by atoms with Crippen LogP contribution in [-0.4, -0.2) is 0 Å². The smallest absolute Gasteiger partial charge is 0.0870 e. The molecule has 26 heavy (non-hydrogen) atoms. The van der Waals surface area contributed by atoms with Gasteiger partial charge in [-0.2, -0.15) is 0 Å². The largest absolute Gasteiger partial charge is 0.365 e. The van der Waals surface area contributed by atoms with E-state index in [0.717, 1.165) is 12.8 Å². The van der Waals surface area contributed by atoms with Crippen LogP contribution in [0, 0.1) is 0 Å². The Kier molecular flexibility index (Phi) is 4.99. The van der Waals surface area contributed by atoms with Crippen LogP contribution in [-0.2, 0) is 4.74 Å². The molecule has 0 spiro atoms. The van der Waals surface area contributed by atoms with E-state index < -0.39 is 0 Å². The second-order valence-electron chi connectivity index (χ2n) is 7.00. The van der Waals surface area contributed by atoms with Crippen molar-refractivity contribution in [2.24, 2.45) is 0 Å². The molecule has 1 fully saturated rings. The van der Waals surface area contributed by atoms with Gasteiger partial charge >= 0.3 is 0 Å². The van der Waals surface area contributed by atoms with E-state index in [1.165, 1.54) is 22.3 Å². The first kappa shape index (κ1) is 16.8. The molecule has 1 aliphatic rings. The molecule has 1 aliphatic heterocycles. The number of hydrogen-bond donors (Lipinski definition) is 0. The standard InChI is InChI=1S/C25H24O/c1-19-17-24(21-13-7-3-8-14-21)26-25(22-15-9-4-10-16-22)18-23(19)20-11-5-2-6-12-20/h2-16,23-25H,1,17-18H2/t23-,24+,25-/m1/s1. The minimum Gasteiger partial charge on any atom is -0.365 e. The zero-order valence-corrected chi connectivity index (χ0v) is 14.9. The second-order valence-corrected chi connectivity index (χ2v) is 7.00. The van der Waals surface area contributed by atoms with Crippen molar-refractivity contribution in [1.82, 2.24) is 0 Å². The Morgan fingerprint density at radius 2 is 1.08 bits per heavy atom. The molecule has 0 unspecified atom stereocenters. The molecule has 3 aromatic carbocycles. The van der Waals surface area contributed by atoms with Gasteiger partial charge in [-0.1, -0.05) is 103 Å². The third kappa shape index (κ3) is 3.63. The highest BCUT2D eigenvalue weighted by Crippen LogP contribution is 2.45. The molecular formula is C25H24O. The quantitative estimate of drug-likeness (QED) is 0.487. The van der Waals surface area contributed by atoms with Crippen LogP contribution in [0.3, 0.4) is 0 Å². The van der Waals surface area contributed by atoms with E-state index in [1.807, 2.05) is 0 Å². The predicted molar refractivity (Wildman–Crippen MR) is 107 cm³/mol. The minimum atomic E-state index is 0.0441. The van der Waals surface area contributed by atoms with Gasteiger partial charge in [0.2, 0.25) is 0 Å². The average molecular weight is 340 g/mol. The summed E-state index contributed by atoms with van der Waals surface area (Å²) in [4.78, 5) is 0. The van der Waals surface area contributed by atoms with Gasteiger partial charge in [-0.15, -0.1) is 0 Å². The summed E-state index contributed by atoms with van der Waals surface area (Å²) in [7, 11) is 0. The highest BCUT2D eigenvalue weighted by atomic mass is 16.5. The van der Waals surface area contributed by atoms with Crippen molar-refractivity contribution in [3.8, 4) is 0 Å². The first-order valence-electron chi connectivity index (χ1n) is 9.29. The monoisotopic (exact) mass is 340 g/mol. The summed E-state index contributed by atoms with van der Waals surface area (Å²) in [5, 5.41) is 0. The highest BCUT2D eigenvalue weighted by molar-refractivity contribution is 5.32. The van der Waals surface area contributed by atoms with E-state index in [4.69, 9.17) is 4.74 Å². The van der Waals surface area contributed by atoms with Gasteiger partial charge < -0.3 is 4.74 Å². The third-order valence-electron chi connectivity index (χ3n) is 5.26. The molecule has 0 amide bonds. The SMILES string of the molecule is C=C1C[C@@H](c2ccccc2)O[C@@H](c2ccccc2)C[C@H]1c1ccccc1. The van der Waals surface area contributed by atoms with Gasteiger partial charge in [0, 0.05) is 5.92 Å². The summed E-state index contributed by atoms with van der Waals surface area (Å²) in [6, 6.07) is 31.8. The van der Waals surface area contributed by atoms with Crippen LogP contribution in [0.2, 0.25) is 0 Å². The van der Waals surface area contributed by atoms with E-state index in [2.05, 4.69) is 97.6 Å². The van der Waals surface area contributed by atoms with Gasteiger partial charge in [0.1, 0.15) is 0 Å². The molecular weight excluding hydrogens is 316 g/mol. The van der Waals surface area contributed by atoms with Crippen molar-refractivity contribution >= 4 is 0 Å². The van der Waals surface area contributed by atoms with Crippen molar-refractivity contribution in [1.29, 1.82) is 0 Å². The molecule has 4 rings (SSSR count). The number of benzene rings is 3. The first-order chi connectivity index (χ1) is 12.8. The van der Waals surface area contributed by atoms with Crippen LogP contribution in [0.1, 0.15) is 47.7 Å². The summed E-state index contributed by atoms with van der Waals surface area (Å²) in [5.41, 5.74) is 5.05. The topological polar surface area (TPSA) is 9.23 Å². The van der Waals surface area contributed by atoms with Crippen molar-refractivity contribution in [3.05, 3.63) is 120 Å². The Balaban J connectivity index is 1.71. The van der Waals surface area contributed by atoms with E-state index in [0.29, 0.717) is 5.92 Å². The van der Waals surface area contributed by atoms with E-state index in [9.17, 15) is 0 Å². The Morgan fingerprint density at radius 1 is 0.615 bits per heavy atom. The van der Waals surface area contributed by atoms with Crippen LogP contribution in [0.4, 0.5) is 0 Å². The molecule has 1 nitrogen and oxygen atoms in total. The average Bonchev–Trinajstić information content (AvgIpc) is 2.89. The van der Waals surface area contributed by atoms with Gasteiger partial charge in [-0.3, -0.25) is 0 Å². The molecule has 1 heteroatoms. The van der Waals surface area contributed by atoms with Gasteiger partial charge in [0.05, 0.1) is 12.2 Å². The third-order valence-corrected chi connectivity index (χ3v) is 5.26. The van der Waals surface area contributed by atoms with E-state index in [-0.39, 0.29) is 12.2 Å². The van der Waals surface area contributed by atoms with Gasteiger partial charge in [-0.05, 0) is 29.5 Å². The van der Waals surface area contributed by atoms with E-state index >= 15 is 0 Å². The fourth-order valence-electron chi connectivity index (χ4n) is 3.87. The van der Waals surface area contributed by atoms with Crippen LogP contribution in [0.25, 0.3) is 0 Å². The summed E-state index contributed by atoms with van der Waals surface area (Å²) in [6.07, 6.45) is 1.89. The van der Waals surface area contributed by atoms with Gasteiger partial charge in [-0.25, -0.2) is 0 Å². The maximum Gasteiger partial charge on any atom is 0.0870 e. The Labute approximate surface area is 156 Å². The molecule has 130 valence electrons. The zero-order chi connectivity index (χ0) is 17.8. The maximum atomic E-state index is 6.64. The van der Waals surface area contributed by atoms with Crippen molar-refractivity contribution < 1.29 is 4.74 Å². The molecule has 0 saturated carbocycles. The van der Waals surface area contributed by atoms with Crippen molar-refractivity contribution in [2.45, 2.75) is 31.0 Å². The molecule has 0 N–H and O–H groups in total. The van der Waals surface area contributed by atoms with Gasteiger partial charge in [0.25, 0.3) is 0 Å². The Hall–Kier alpha value is -2.64. The Bertz CT molecular complexity index is 839. The van der Waals surface area contributed by atoms with E-state index in [1.54, 1.807) is 0 Å². The lowest BCUT2D eigenvalue weighted by molar-refractivity contribution is -0.0108. The lowest BCUT2D eigenvalue weighted by Crippen LogP contribution is -2.09. The molecule has 3 atom stereocenters. The summed E-state index contributed by atoms with van der Waals surface area (Å²) in [5.74, 6) is 0.315. The molecule has 1 saturated heterocycles. The maximum absolute atomic E-state index is 6.64. The highest BCUT2D eigenvalue weighted by Gasteiger charge is 2.31. The lowest BCUT2D eigenvalue weighted by Gasteiger charge is -2.23. The molecule has 3 aromatic rings. The first-order valence-corrected chi connectivity index (χ1v) is 9.29. The molecule has 0 aromatic heterocycles. The van der Waals surface area contributed by atoms with Crippen LogP contribution in [0.5, 0.6) is 0 Å². The van der Waals surface area contributed by atoms with Gasteiger partial charge in [0.15, 0.2) is 0 Å². The molecule has 1 heterocycles. The second kappa shape index (κ2) is 7.72. The zero-order valence-electron chi connectivity index (χ0n) is 14.9. The number of hydrogen-bond acceptors (Lipinski definition) is 1. The molecule has 0 radical (unpaired) electrons. The fourth-order valence-corrected chi connectivity index (χ4v) is 3.87. The fraction of sp³-hybridized carbons (Fsp3) is 0.200. The van der Waals surface area contributed by atoms with Crippen LogP contribution in [0.15, 0.2) is 103 Å². The van der Waals surface area contributed by atoms with Crippen LogP contribution >= 0.6 is 0 Å².